The van der Waals surface area contributed by atoms with Gasteiger partial charge in [0.05, 0.1) is 0 Å². The van der Waals surface area contributed by atoms with E-state index in [2.05, 4.69) is 0 Å². The Morgan fingerprint density at radius 1 is 1.12 bits per heavy atom. The molecule has 0 aliphatic carbocycles. The first kappa shape index (κ1) is 11.3. The van der Waals surface area contributed by atoms with Crippen LogP contribution < -0.4 is 10.5 Å². The molecular weight excluding hydrogens is 221 g/mol. The third-order valence-electron chi connectivity index (χ3n) is 2.34. The Morgan fingerprint density at radius 2 is 1.82 bits per heavy atom. The van der Waals surface area contributed by atoms with Crippen molar-refractivity contribution in [2.45, 2.75) is 6.61 Å². The van der Waals surface area contributed by atoms with Crippen molar-refractivity contribution in [3.05, 3.63) is 53.8 Å². The molecule has 2 rings (SSSR count). The van der Waals surface area contributed by atoms with E-state index in [1.54, 1.807) is 24.3 Å². The number of nitrogen functional groups attached to an aromatic ring is 1. The highest BCUT2D eigenvalue weighted by molar-refractivity contribution is 5.50. The monoisotopic (exact) mass is 233 g/mol. The van der Waals surface area contributed by atoms with Gasteiger partial charge in [-0.15, -0.1) is 0 Å². The van der Waals surface area contributed by atoms with Crippen molar-refractivity contribution in [2.24, 2.45) is 0 Å². The summed E-state index contributed by atoms with van der Waals surface area (Å²) >= 11 is 0. The minimum atomic E-state index is -0.304. The Morgan fingerprint density at radius 3 is 2.47 bits per heavy atom. The maximum atomic E-state index is 12.7. The fraction of sp³-hybridized carbons (Fsp3) is 0.0769. The zero-order chi connectivity index (χ0) is 12.3. The molecule has 0 unspecified atom stereocenters. The van der Waals surface area contributed by atoms with Gasteiger partial charge in [-0.3, -0.25) is 0 Å². The zero-order valence-corrected chi connectivity index (χ0v) is 9.06. The topological polar surface area (TPSA) is 55.5 Å². The van der Waals surface area contributed by atoms with Gasteiger partial charge in [0.2, 0.25) is 0 Å². The van der Waals surface area contributed by atoms with Crippen LogP contribution in [0.1, 0.15) is 5.56 Å². The predicted octanol–water partition coefficient (Wildman–Crippen LogP) is 2.69. The normalized spacial score (nSPS) is 10.2. The SMILES string of the molecule is Nc1cc(O)ccc1COc1ccc(F)cc1. The number of benzene rings is 2. The van der Waals surface area contributed by atoms with Gasteiger partial charge in [-0.2, -0.15) is 0 Å². The van der Waals surface area contributed by atoms with Gasteiger partial charge in [0.25, 0.3) is 0 Å². The van der Waals surface area contributed by atoms with Gasteiger partial charge in [0.1, 0.15) is 23.9 Å². The molecule has 0 bridgehead atoms. The summed E-state index contributed by atoms with van der Waals surface area (Å²) < 4.78 is 18.1. The third-order valence-corrected chi connectivity index (χ3v) is 2.34. The molecule has 0 aliphatic rings. The molecule has 0 saturated carbocycles. The molecule has 3 N–H and O–H groups in total. The van der Waals surface area contributed by atoms with E-state index in [9.17, 15) is 9.50 Å². The van der Waals surface area contributed by atoms with Crippen LogP contribution in [0.2, 0.25) is 0 Å². The Bertz CT molecular complexity index is 511. The molecule has 0 fully saturated rings. The van der Waals surface area contributed by atoms with E-state index in [1.807, 2.05) is 0 Å². The van der Waals surface area contributed by atoms with Gasteiger partial charge in [-0.05, 0) is 36.4 Å². The molecule has 2 aromatic carbocycles. The number of hydrogen-bond acceptors (Lipinski definition) is 3. The first-order valence-corrected chi connectivity index (χ1v) is 5.11. The lowest BCUT2D eigenvalue weighted by molar-refractivity contribution is 0.306. The van der Waals surface area contributed by atoms with Crippen molar-refractivity contribution in [2.75, 3.05) is 5.73 Å². The zero-order valence-electron chi connectivity index (χ0n) is 9.06. The van der Waals surface area contributed by atoms with Gasteiger partial charge in [-0.1, -0.05) is 0 Å². The van der Waals surface area contributed by atoms with Crippen LogP contribution >= 0.6 is 0 Å². The van der Waals surface area contributed by atoms with Crippen molar-refractivity contribution >= 4 is 5.69 Å². The predicted molar refractivity (Wildman–Crippen MR) is 63.3 cm³/mol. The fourth-order valence-electron chi connectivity index (χ4n) is 1.41. The molecule has 17 heavy (non-hydrogen) atoms. The van der Waals surface area contributed by atoms with Crippen molar-refractivity contribution in [1.82, 2.24) is 0 Å². The van der Waals surface area contributed by atoms with Crippen LogP contribution in [-0.4, -0.2) is 5.11 Å². The largest absolute Gasteiger partial charge is 0.508 e. The Balaban J connectivity index is 2.04. The lowest BCUT2D eigenvalue weighted by Crippen LogP contribution is -1.99. The van der Waals surface area contributed by atoms with E-state index < -0.39 is 0 Å². The van der Waals surface area contributed by atoms with Gasteiger partial charge in [0, 0.05) is 17.3 Å². The van der Waals surface area contributed by atoms with Gasteiger partial charge in [0.15, 0.2) is 0 Å². The average molecular weight is 233 g/mol. The minimum Gasteiger partial charge on any atom is -0.508 e. The summed E-state index contributed by atoms with van der Waals surface area (Å²) in [7, 11) is 0. The second kappa shape index (κ2) is 4.74. The summed E-state index contributed by atoms with van der Waals surface area (Å²) in [6.07, 6.45) is 0. The van der Waals surface area contributed by atoms with Crippen LogP contribution in [0.3, 0.4) is 0 Å². The summed E-state index contributed by atoms with van der Waals surface area (Å²) in [5.74, 6) is 0.383. The molecule has 0 aliphatic heterocycles. The van der Waals surface area contributed by atoms with E-state index in [-0.39, 0.29) is 18.2 Å². The summed E-state index contributed by atoms with van der Waals surface area (Å²) in [5, 5.41) is 9.19. The molecule has 0 saturated heterocycles. The highest BCUT2D eigenvalue weighted by Gasteiger charge is 2.01. The lowest BCUT2D eigenvalue weighted by Gasteiger charge is -2.08. The summed E-state index contributed by atoms with van der Waals surface area (Å²) in [6, 6.07) is 10.4. The van der Waals surface area contributed by atoms with E-state index in [1.165, 1.54) is 18.2 Å². The number of anilines is 1. The smallest absolute Gasteiger partial charge is 0.123 e. The first-order chi connectivity index (χ1) is 8.15. The van der Waals surface area contributed by atoms with Crippen LogP contribution in [0, 0.1) is 5.82 Å². The van der Waals surface area contributed by atoms with E-state index in [0.717, 1.165) is 5.56 Å². The van der Waals surface area contributed by atoms with Crippen LogP contribution in [0.15, 0.2) is 42.5 Å². The van der Waals surface area contributed by atoms with Crippen molar-refractivity contribution in [1.29, 1.82) is 0 Å². The molecule has 88 valence electrons. The van der Waals surface area contributed by atoms with E-state index in [4.69, 9.17) is 10.5 Å². The van der Waals surface area contributed by atoms with Gasteiger partial charge in [-0.25, -0.2) is 4.39 Å². The molecule has 2 aromatic rings. The maximum absolute atomic E-state index is 12.7. The van der Waals surface area contributed by atoms with E-state index in [0.29, 0.717) is 11.4 Å². The number of hydrogen-bond donors (Lipinski definition) is 2. The molecule has 0 heterocycles. The highest BCUT2D eigenvalue weighted by atomic mass is 19.1. The van der Waals surface area contributed by atoms with Crippen molar-refractivity contribution in [3.63, 3.8) is 0 Å². The van der Waals surface area contributed by atoms with E-state index >= 15 is 0 Å². The molecule has 0 atom stereocenters. The number of nitrogens with two attached hydrogens (primary N) is 1. The molecular formula is C13H12FNO2. The standard InChI is InChI=1S/C13H12FNO2/c14-10-2-5-12(6-3-10)17-8-9-1-4-11(16)7-13(9)15/h1-7,16H,8,15H2. The second-order valence-corrected chi connectivity index (χ2v) is 3.63. The molecule has 0 spiro atoms. The second-order valence-electron chi connectivity index (χ2n) is 3.63. The molecule has 0 radical (unpaired) electrons. The number of ether oxygens (including phenoxy) is 1. The summed E-state index contributed by atoms with van der Waals surface area (Å²) in [4.78, 5) is 0. The minimum absolute atomic E-state index is 0.119. The number of halogens is 1. The number of aromatic hydroxyl groups is 1. The Hall–Kier alpha value is -2.23. The van der Waals surface area contributed by atoms with Crippen molar-refractivity contribution < 1.29 is 14.2 Å². The van der Waals surface area contributed by atoms with Crippen LogP contribution in [0.5, 0.6) is 11.5 Å². The first-order valence-electron chi connectivity index (χ1n) is 5.11. The Labute approximate surface area is 98.3 Å². The lowest BCUT2D eigenvalue weighted by atomic mass is 10.2. The molecule has 0 amide bonds. The van der Waals surface area contributed by atoms with Gasteiger partial charge >= 0.3 is 0 Å². The molecule has 4 heteroatoms. The maximum Gasteiger partial charge on any atom is 0.123 e. The molecule has 3 nitrogen and oxygen atoms in total. The number of rotatable bonds is 3. The highest BCUT2D eigenvalue weighted by Crippen LogP contribution is 2.20. The summed E-state index contributed by atoms with van der Waals surface area (Å²) in [5.41, 5.74) is 6.95. The quantitative estimate of drug-likeness (QED) is 0.801. The number of phenolic OH excluding ortho intramolecular Hbond substituents is 1. The van der Waals surface area contributed by atoms with Gasteiger partial charge < -0.3 is 15.6 Å². The van der Waals surface area contributed by atoms with Crippen LogP contribution in [-0.2, 0) is 6.61 Å². The fourth-order valence-corrected chi connectivity index (χ4v) is 1.41. The summed E-state index contributed by atoms with van der Waals surface area (Å²) in [6.45, 7) is 0.276. The molecule has 0 aromatic heterocycles. The average Bonchev–Trinajstić information content (AvgIpc) is 2.30. The Kier molecular flexibility index (Phi) is 3.14. The van der Waals surface area contributed by atoms with Crippen molar-refractivity contribution in [3.8, 4) is 11.5 Å². The number of phenols is 1. The van der Waals surface area contributed by atoms with Crippen LogP contribution in [0.4, 0.5) is 10.1 Å². The third kappa shape index (κ3) is 2.87. The van der Waals surface area contributed by atoms with Crippen LogP contribution in [0.25, 0.3) is 0 Å².